The van der Waals surface area contributed by atoms with E-state index < -0.39 is 0 Å². The minimum atomic E-state index is -0.318. The molecule has 0 fully saturated rings. The molecule has 0 aliphatic carbocycles. The molecule has 0 aliphatic heterocycles. The van der Waals surface area contributed by atoms with Gasteiger partial charge in [-0.25, -0.2) is 9.37 Å². The first-order valence-corrected chi connectivity index (χ1v) is 11.0. The third kappa shape index (κ3) is 6.21. The molecule has 2 aromatic carbocycles. The Morgan fingerprint density at radius 2 is 1.74 bits per heavy atom. The van der Waals surface area contributed by atoms with Gasteiger partial charge in [0.1, 0.15) is 5.82 Å². The predicted octanol–water partition coefficient (Wildman–Crippen LogP) is 4.27. The van der Waals surface area contributed by atoms with Gasteiger partial charge >= 0.3 is 0 Å². The number of halogens is 1. The van der Waals surface area contributed by atoms with E-state index in [4.69, 9.17) is 0 Å². The van der Waals surface area contributed by atoms with Crippen LogP contribution >= 0.6 is 11.3 Å². The van der Waals surface area contributed by atoms with E-state index in [9.17, 15) is 14.0 Å². The molecular formula is C24H26FN3O2S. The zero-order chi connectivity index (χ0) is 22.4. The minimum Gasteiger partial charge on any atom is -0.350 e. The maximum atomic E-state index is 13.0. The van der Waals surface area contributed by atoms with Crippen LogP contribution < -0.4 is 5.32 Å². The second-order valence-corrected chi connectivity index (χ2v) is 8.65. The Morgan fingerprint density at radius 1 is 1.06 bits per heavy atom. The molecule has 1 heterocycles. The third-order valence-electron chi connectivity index (χ3n) is 4.91. The van der Waals surface area contributed by atoms with Crippen molar-refractivity contribution in [1.29, 1.82) is 0 Å². The van der Waals surface area contributed by atoms with Crippen LogP contribution in [-0.4, -0.2) is 34.8 Å². The fourth-order valence-corrected chi connectivity index (χ4v) is 4.13. The molecule has 3 aromatic rings. The number of aryl methyl sites for hydroxylation is 2. The molecule has 0 spiro atoms. The molecule has 0 atom stereocenters. The van der Waals surface area contributed by atoms with Crippen LogP contribution in [0, 0.1) is 19.7 Å². The van der Waals surface area contributed by atoms with Gasteiger partial charge in [-0.2, -0.15) is 0 Å². The number of hydrogen-bond donors (Lipinski definition) is 1. The maximum absolute atomic E-state index is 13.0. The van der Waals surface area contributed by atoms with Gasteiger partial charge in [0.05, 0.1) is 23.7 Å². The van der Waals surface area contributed by atoms with E-state index in [1.54, 1.807) is 12.1 Å². The average molecular weight is 440 g/mol. The lowest BCUT2D eigenvalue weighted by Gasteiger charge is -2.20. The van der Waals surface area contributed by atoms with E-state index in [0.717, 1.165) is 32.3 Å². The lowest BCUT2D eigenvalue weighted by Crippen LogP contribution is -2.41. The third-order valence-corrected chi connectivity index (χ3v) is 5.88. The molecule has 0 aliphatic rings. The SMILES string of the molecule is CCN(CC(=O)NCc1ccc(F)cc1)C(=O)Cc1sc(C)nc1-c1ccc(C)cc1. The Hall–Kier alpha value is -3.06. The number of carbonyl (C=O) groups excluding carboxylic acids is 2. The van der Waals surface area contributed by atoms with Gasteiger partial charge in [0, 0.05) is 23.5 Å². The van der Waals surface area contributed by atoms with Gasteiger partial charge in [-0.05, 0) is 38.5 Å². The first kappa shape index (κ1) is 22.6. The van der Waals surface area contributed by atoms with Gasteiger partial charge in [0.15, 0.2) is 0 Å². The highest BCUT2D eigenvalue weighted by molar-refractivity contribution is 7.12. The molecule has 7 heteroatoms. The van der Waals surface area contributed by atoms with Crippen molar-refractivity contribution in [3.63, 3.8) is 0 Å². The first-order valence-electron chi connectivity index (χ1n) is 10.2. The molecule has 31 heavy (non-hydrogen) atoms. The summed E-state index contributed by atoms with van der Waals surface area (Å²) in [5, 5.41) is 3.68. The van der Waals surface area contributed by atoms with Crippen LogP contribution in [0.3, 0.4) is 0 Å². The van der Waals surface area contributed by atoms with E-state index in [1.165, 1.54) is 28.4 Å². The number of hydrogen-bond acceptors (Lipinski definition) is 4. The van der Waals surface area contributed by atoms with E-state index in [0.29, 0.717) is 6.54 Å². The summed E-state index contributed by atoms with van der Waals surface area (Å²) in [4.78, 5) is 32.3. The topological polar surface area (TPSA) is 62.3 Å². The molecule has 5 nitrogen and oxygen atoms in total. The smallest absolute Gasteiger partial charge is 0.239 e. The highest BCUT2D eigenvalue weighted by Crippen LogP contribution is 2.29. The molecule has 0 saturated carbocycles. The Labute approximate surface area is 185 Å². The zero-order valence-corrected chi connectivity index (χ0v) is 18.8. The fraction of sp³-hybridized carbons (Fsp3) is 0.292. The quantitative estimate of drug-likeness (QED) is 0.570. The molecule has 3 rings (SSSR count). The fourth-order valence-electron chi connectivity index (χ4n) is 3.18. The van der Waals surface area contributed by atoms with E-state index >= 15 is 0 Å². The summed E-state index contributed by atoms with van der Waals surface area (Å²) in [7, 11) is 0. The van der Waals surface area contributed by atoms with Crippen molar-refractivity contribution in [3.8, 4) is 11.3 Å². The van der Waals surface area contributed by atoms with E-state index in [1.807, 2.05) is 45.0 Å². The van der Waals surface area contributed by atoms with Crippen LogP contribution in [0.2, 0.25) is 0 Å². The van der Waals surface area contributed by atoms with Crippen LogP contribution in [0.4, 0.5) is 4.39 Å². The Morgan fingerprint density at radius 3 is 2.39 bits per heavy atom. The van der Waals surface area contributed by atoms with Crippen molar-refractivity contribution >= 4 is 23.2 Å². The van der Waals surface area contributed by atoms with Gasteiger partial charge in [-0.3, -0.25) is 9.59 Å². The number of nitrogens with zero attached hydrogens (tertiary/aromatic N) is 2. The molecule has 0 unspecified atom stereocenters. The van der Waals surface area contributed by atoms with Crippen molar-refractivity contribution in [1.82, 2.24) is 15.2 Å². The second-order valence-electron chi connectivity index (χ2n) is 7.36. The highest BCUT2D eigenvalue weighted by Gasteiger charge is 2.20. The number of likely N-dealkylation sites (N-methyl/N-ethyl adjacent to an activating group) is 1. The molecule has 0 bridgehead atoms. The van der Waals surface area contributed by atoms with Gasteiger partial charge < -0.3 is 10.2 Å². The Kier molecular flexibility index (Phi) is 7.52. The number of rotatable bonds is 8. The average Bonchev–Trinajstić information content (AvgIpc) is 3.12. The lowest BCUT2D eigenvalue weighted by atomic mass is 10.1. The van der Waals surface area contributed by atoms with Gasteiger partial charge in [0.25, 0.3) is 0 Å². The van der Waals surface area contributed by atoms with Gasteiger partial charge in [-0.15, -0.1) is 11.3 Å². The molecule has 1 aromatic heterocycles. The summed E-state index contributed by atoms with van der Waals surface area (Å²) >= 11 is 1.51. The Bertz CT molecular complexity index is 1050. The van der Waals surface area contributed by atoms with Crippen LogP contribution in [0.15, 0.2) is 48.5 Å². The van der Waals surface area contributed by atoms with Crippen LogP contribution in [0.25, 0.3) is 11.3 Å². The molecule has 2 amide bonds. The van der Waals surface area contributed by atoms with E-state index in [-0.39, 0.29) is 37.1 Å². The summed E-state index contributed by atoms with van der Waals surface area (Å²) in [5.74, 6) is -0.684. The summed E-state index contributed by atoms with van der Waals surface area (Å²) in [6, 6.07) is 14.0. The summed E-state index contributed by atoms with van der Waals surface area (Å²) in [6.07, 6.45) is 0.202. The van der Waals surface area contributed by atoms with Crippen LogP contribution in [0.5, 0.6) is 0 Å². The van der Waals surface area contributed by atoms with Crippen molar-refractivity contribution in [2.75, 3.05) is 13.1 Å². The number of thiazole rings is 1. The van der Waals surface area contributed by atoms with Crippen molar-refractivity contribution in [2.24, 2.45) is 0 Å². The van der Waals surface area contributed by atoms with Crippen molar-refractivity contribution < 1.29 is 14.0 Å². The lowest BCUT2D eigenvalue weighted by molar-refractivity contribution is -0.135. The normalized spacial score (nSPS) is 10.7. The summed E-state index contributed by atoms with van der Waals surface area (Å²) in [6.45, 7) is 6.51. The highest BCUT2D eigenvalue weighted by atomic mass is 32.1. The molecule has 162 valence electrons. The Balaban J connectivity index is 1.62. The van der Waals surface area contributed by atoms with Gasteiger partial charge in [0.2, 0.25) is 11.8 Å². The molecule has 1 N–H and O–H groups in total. The van der Waals surface area contributed by atoms with Crippen LogP contribution in [-0.2, 0) is 22.6 Å². The molecule has 0 saturated heterocycles. The predicted molar refractivity (Wildman–Crippen MR) is 121 cm³/mol. The monoisotopic (exact) mass is 439 g/mol. The summed E-state index contributed by atoms with van der Waals surface area (Å²) in [5.41, 5.74) is 3.77. The number of carbonyl (C=O) groups is 2. The number of amides is 2. The van der Waals surface area contributed by atoms with Crippen molar-refractivity contribution in [2.45, 2.75) is 33.7 Å². The number of benzene rings is 2. The van der Waals surface area contributed by atoms with E-state index in [2.05, 4.69) is 10.3 Å². The zero-order valence-electron chi connectivity index (χ0n) is 17.9. The number of nitrogens with one attached hydrogen (secondary N) is 1. The summed E-state index contributed by atoms with van der Waals surface area (Å²) < 4.78 is 13.0. The van der Waals surface area contributed by atoms with Crippen LogP contribution in [0.1, 0.15) is 27.9 Å². The molecular weight excluding hydrogens is 413 g/mol. The largest absolute Gasteiger partial charge is 0.350 e. The second kappa shape index (κ2) is 10.3. The molecule has 0 radical (unpaired) electrons. The standard InChI is InChI=1S/C24H26FN3O2S/c1-4-28(15-22(29)26-14-18-7-11-20(25)12-8-18)23(30)13-21-24(27-17(3)31-21)19-9-5-16(2)6-10-19/h5-12H,4,13-15H2,1-3H3,(H,26,29). The first-order chi connectivity index (χ1) is 14.9. The van der Waals surface area contributed by atoms with Gasteiger partial charge in [-0.1, -0.05) is 42.0 Å². The maximum Gasteiger partial charge on any atom is 0.239 e. The van der Waals surface area contributed by atoms with Crippen molar-refractivity contribution in [3.05, 3.63) is 75.4 Å². The number of aromatic nitrogens is 1. The minimum absolute atomic E-state index is 0.0197.